The third-order valence-electron chi connectivity index (χ3n) is 7.82. The van der Waals surface area contributed by atoms with Gasteiger partial charge < -0.3 is 29.6 Å². The first-order valence-corrected chi connectivity index (χ1v) is 15.6. The largest absolute Gasteiger partial charge is 0.497 e. The summed E-state index contributed by atoms with van der Waals surface area (Å²) in [4.78, 5) is 0. The summed E-state index contributed by atoms with van der Waals surface area (Å²) in [5, 5.41) is 7.23. The highest BCUT2D eigenvalue weighted by Crippen LogP contribution is 2.35. The van der Waals surface area contributed by atoms with Crippen LogP contribution in [-0.4, -0.2) is 54.6 Å². The molecule has 8 heteroatoms. The van der Waals surface area contributed by atoms with E-state index < -0.39 is 0 Å². The Hall–Kier alpha value is -2.64. The molecule has 0 radical (unpaired) electrons. The van der Waals surface area contributed by atoms with Crippen LogP contribution in [0.3, 0.4) is 0 Å². The Kier molecular flexibility index (Phi) is 21.2. The first-order chi connectivity index (χ1) is 20.7. The normalized spacial score (nSPS) is 10.5. The predicted molar refractivity (Wildman–Crippen MR) is 188 cm³/mol. The lowest BCUT2D eigenvalue weighted by Crippen LogP contribution is -2.19. The molecule has 0 aliphatic rings. The molecule has 0 aliphatic carbocycles. The van der Waals surface area contributed by atoms with Crippen molar-refractivity contribution in [2.45, 2.75) is 64.2 Å². The van der Waals surface area contributed by atoms with Crippen LogP contribution < -0.4 is 29.6 Å². The smallest absolute Gasteiger partial charge is 0.164 e. The molecule has 0 bridgehead atoms. The van der Waals surface area contributed by atoms with Crippen LogP contribution in [0.1, 0.15) is 60.8 Å². The van der Waals surface area contributed by atoms with Crippen LogP contribution in [0, 0.1) is 0 Å². The molecule has 0 saturated heterocycles. The van der Waals surface area contributed by atoms with E-state index in [1.54, 1.807) is 28.4 Å². The van der Waals surface area contributed by atoms with Gasteiger partial charge in [-0.1, -0.05) is 56.0 Å². The second-order valence-corrected chi connectivity index (χ2v) is 10.8. The lowest BCUT2D eigenvalue weighted by molar-refractivity contribution is 0.351. The molecule has 2 N–H and O–H groups in total. The van der Waals surface area contributed by atoms with Crippen molar-refractivity contribution in [1.82, 2.24) is 10.6 Å². The van der Waals surface area contributed by atoms with Crippen molar-refractivity contribution >= 4 is 24.8 Å². The van der Waals surface area contributed by atoms with E-state index in [-0.39, 0.29) is 24.8 Å². The fourth-order valence-corrected chi connectivity index (χ4v) is 5.34. The Labute approximate surface area is 278 Å². The van der Waals surface area contributed by atoms with Crippen molar-refractivity contribution in [2.75, 3.05) is 54.6 Å². The molecule has 0 fully saturated rings. The summed E-state index contributed by atoms with van der Waals surface area (Å²) in [6.45, 7) is 4.17. The molecule has 3 rings (SSSR count). The summed E-state index contributed by atoms with van der Waals surface area (Å²) in [5.74, 6) is 3.45. The average molecular weight is 650 g/mol. The minimum atomic E-state index is 0. The quantitative estimate of drug-likeness (QED) is 0.109. The van der Waals surface area contributed by atoms with E-state index in [2.05, 4.69) is 41.0 Å². The Morgan fingerprint density at radius 3 is 1.75 bits per heavy atom. The number of nitrogens with one attached hydrogen (secondary N) is 2. The van der Waals surface area contributed by atoms with Crippen molar-refractivity contribution in [3.63, 3.8) is 0 Å². The van der Waals surface area contributed by atoms with Crippen LogP contribution in [0.2, 0.25) is 0 Å². The number of hydrogen-bond acceptors (Lipinski definition) is 6. The second-order valence-electron chi connectivity index (χ2n) is 10.8. The van der Waals surface area contributed by atoms with Crippen molar-refractivity contribution < 1.29 is 18.9 Å². The molecule has 0 atom stereocenters. The van der Waals surface area contributed by atoms with Gasteiger partial charge in [0.1, 0.15) is 11.5 Å². The Balaban J connectivity index is 0.00000484. The number of unbranched alkanes of at least 4 members (excludes halogenated alkanes) is 5. The highest BCUT2D eigenvalue weighted by molar-refractivity contribution is 5.85. The van der Waals surface area contributed by atoms with Crippen LogP contribution in [0.5, 0.6) is 23.0 Å². The number of hydrogen-bond donors (Lipinski definition) is 2. The summed E-state index contributed by atoms with van der Waals surface area (Å²) in [5.41, 5.74) is 5.16. The Morgan fingerprint density at radius 2 is 1.14 bits per heavy atom. The average Bonchev–Trinajstić information content (AvgIpc) is 3.04. The van der Waals surface area contributed by atoms with Gasteiger partial charge in [0.2, 0.25) is 0 Å². The molecule has 44 heavy (non-hydrogen) atoms. The zero-order chi connectivity index (χ0) is 29.8. The summed E-state index contributed by atoms with van der Waals surface area (Å²) < 4.78 is 22.0. The molecule has 0 aromatic heterocycles. The van der Waals surface area contributed by atoms with Gasteiger partial charge in [-0.3, -0.25) is 0 Å². The predicted octanol–water partition coefficient (Wildman–Crippen LogP) is 7.65. The second kappa shape index (κ2) is 23.7. The molecule has 6 nitrogen and oxygen atoms in total. The first-order valence-electron chi connectivity index (χ1n) is 15.6. The highest BCUT2D eigenvalue weighted by Gasteiger charge is 2.15. The summed E-state index contributed by atoms with van der Waals surface area (Å²) in [7, 11) is 6.85. The van der Waals surface area contributed by atoms with Gasteiger partial charge >= 0.3 is 0 Å². The van der Waals surface area contributed by atoms with Crippen LogP contribution >= 0.6 is 24.8 Å². The van der Waals surface area contributed by atoms with E-state index in [1.807, 2.05) is 30.3 Å². The molecule has 0 unspecified atom stereocenters. The monoisotopic (exact) mass is 648 g/mol. The zero-order valence-corrected chi connectivity index (χ0v) is 28.8. The number of methoxy groups -OCH3 is 4. The van der Waals surface area contributed by atoms with Gasteiger partial charge in [-0.15, -0.1) is 24.8 Å². The van der Waals surface area contributed by atoms with Crippen molar-refractivity contribution in [3.05, 3.63) is 82.9 Å². The van der Waals surface area contributed by atoms with Crippen molar-refractivity contribution in [3.8, 4) is 23.0 Å². The van der Waals surface area contributed by atoms with Gasteiger partial charge in [0, 0.05) is 5.56 Å². The van der Waals surface area contributed by atoms with Crippen LogP contribution in [0.4, 0.5) is 0 Å². The van der Waals surface area contributed by atoms with Crippen LogP contribution in [0.15, 0.2) is 60.7 Å². The summed E-state index contributed by atoms with van der Waals surface area (Å²) >= 11 is 0. The molecule has 0 spiro atoms. The van der Waals surface area contributed by atoms with Crippen molar-refractivity contribution in [2.24, 2.45) is 0 Å². The molecule has 3 aromatic carbocycles. The maximum atomic E-state index is 5.81. The van der Waals surface area contributed by atoms with Crippen molar-refractivity contribution in [1.29, 1.82) is 0 Å². The van der Waals surface area contributed by atoms with E-state index in [1.165, 1.54) is 60.8 Å². The zero-order valence-electron chi connectivity index (χ0n) is 27.1. The molecular formula is C36H54Cl2N2O4. The van der Waals surface area contributed by atoms with Gasteiger partial charge in [0.05, 0.1) is 28.4 Å². The maximum Gasteiger partial charge on any atom is 0.164 e. The fourth-order valence-electron chi connectivity index (χ4n) is 5.34. The third-order valence-corrected chi connectivity index (χ3v) is 7.82. The minimum absolute atomic E-state index is 0. The third kappa shape index (κ3) is 14.0. The number of benzene rings is 3. The summed E-state index contributed by atoms with van der Waals surface area (Å²) in [6.07, 6.45) is 11.6. The minimum Gasteiger partial charge on any atom is -0.497 e. The first kappa shape index (κ1) is 39.4. The lowest BCUT2D eigenvalue weighted by Gasteiger charge is -2.17. The Morgan fingerprint density at radius 1 is 0.500 bits per heavy atom. The number of ether oxygens (including phenoxy) is 4. The van der Waals surface area contributed by atoms with Gasteiger partial charge in [-0.25, -0.2) is 0 Å². The van der Waals surface area contributed by atoms with Gasteiger partial charge in [0.25, 0.3) is 0 Å². The molecule has 3 aromatic rings. The number of rotatable bonds is 22. The topological polar surface area (TPSA) is 61.0 Å². The van der Waals surface area contributed by atoms with Gasteiger partial charge in [-0.05, 0) is 112 Å². The summed E-state index contributed by atoms with van der Waals surface area (Å²) in [6, 6.07) is 20.9. The molecule has 0 amide bonds. The highest BCUT2D eigenvalue weighted by atomic mass is 35.5. The standard InChI is InChI=1S/C36H52N2O4.2ClH/c1-39-32-18-14-29(15-19-32)22-26-37-24-9-7-5-6-8-10-25-38-27-23-31-17-21-35(41-3)36(42-4)34(31)20-16-30-12-11-13-33(28-30)40-2;;/h11-15,17-19,21,28,37-38H,5-10,16,20,22-27H2,1-4H3;2*1H. The molecule has 0 aliphatic heterocycles. The van der Waals surface area contributed by atoms with Crippen LogP contribution in [0.25, 0.3) is 0 Å². The molecule has 0 heterocycles. The van der Waals surface area contributed by atoms with E-state index in [9.17, 15) is 0 Å². The number of aryl methyl sites for hydroxylation is 1. The maximum absolute atomic E-state index is 5.81. The van der Waals surface area contributed by atoms with Crippen LogP contribution in [-0.2, 0) is 25.7 Å². The number of halogens is 2. The fraction of sp³-hybridized carbons (Fsp3) is 0.500. The SMILES string of the molecule is COc1ccc(CCNCCCCCCCCNCCc2ccc(OC)c(OC)c2CCc2cccc(OC)c2)cc1.Cl.Cl. The lowest BCUT2D eigenvalue weighted by atomic mass is 9.96. The Bertz CT molecular complexity index is 1160. The van der Waals surface area contributed by atoms with E-state index in [0.29, 0.717) is 0 Å². The van der Waals surface area contributed by atoms with Gasteiger partial charge in [-0.2, -0.15) is 0 Å². The van der Waals surface area contributed by atoms with E-state index in [0.717, 1.165) is 74.9 Å². The van der Waals surface area contributed by atoms with E-state index >= 15 is 0 Å². The molecule has 0 saturated carbocycles. The molecular weight excluding hydrogens is 595 g/mol. The molecule has 246 valence electrons. The van der Waals surface area contributed by atoms with E-state index in [4.69, 9.17) is 18.9 Å². The van der Waals surface area contributed by atoms with Gasteiger partial charge in [0.15, 0.2) is 11.5 Å².